The van der Waals surface area contributed by atoms with E-state index in [-0.39, 0.29) is 22.3 Å². The van der Waals surface area contributed by atoms with Crippen LogP contribution in [0.25, 0.3) is 0 Å². The first-order valence-electron chi connectivity index (χ1n) is 6.26. The zero-order valence-corrected chi connectivity index (χ0v) is 13.4. The average Bonchev–Trinajstić information content (AvgIpc) is 2.86. The van der Waals surface area contributed by atoms with Gasteiger partial charge in [0.2, 0.25) is 10.0 Å². The van der Waals surface area contributed by atoms with Gasteiger partial charge in [-0.3, -0.25) is 4.57 Å². The highest BCUT2D eigenvalue weighted by Crippen LogP contribution is 2.26. The molecule has 120 valence electrons. The predicted octanol–water partition coefficient (Wildman–Crippen LogP) is 3.06. The van der Waals surface area contributed by atoms with Gasteiger partial charge in [-0.25, -0.2) is 13.4 Å². The summed E-state index contributed by atoms with van der Waals surface area (Å²) in [4.78, 5) is 3.69. The number of aromatic nitrogens is 2. The largest absolute Gasteiger partial charge is 0.319 e. The SMILES string of the molecule is Cc1ccc(S(=O)(=O)N(C)Cc2nccn2C(F)F)c(Cl)c1. The van der Waals surface area contributed by atoms with Crippen LogP contribution in [-0.2, 0) is 16.6 Å². The predicted molar refractivity (Wildman–Crippen MR) is 78.3 cm³/mol. The van der Waals surface area contributed by atoms with E-state index >= 15 is 0 Å². The number of alkyl halides is 2. The monoisotopic (exact) mass is 349 g/mol. The maximum absolute atomic E-state index is 12.8. The molecule has 0 bridgehead atoms. The van der Waals surface area contributed by atoms with Gasteiger partial charge in [-0.05, 0) is 24.6 Å². The molecular weight excluding hydrogens is 336 g/mol. The number of benzene rings is 1. The van der Waals surface area contributed by atoms with Gasteiger partial charge in [-0.15, -0.1) is 0 Å². The van der Waals surface area contributed by atoms with Crippen LogP contribution in [-0.4, -0.2) is 29.3 Å². The second-order valence-electron chi connectivity index (χ2n) is 4.72. The Kier molecular flexibility index (Phi) is 4.84. The summed E-state index contributed by atoms with van der Waals surface area (Å²) in [6.45, 7) is -1.29. The molecule has 0 spiro atoms. The summed E-state index contributed by atoms with van der Waals surface area (Å²) in [6.07, 6.45) is 2.29. The first-order chi connectivity index (χ1) is 10.2. The van der Waals surface area contributed by atoms with Gasteiger partial charge < -0.3 is 0 Å². The summed E-state index contributed by atoms with van der Waals surface area (Å²) in [5.74, 6) is -0.0516. The molecule has 0 radical (unpaired) electrons. The van der Waals surface area contributed by atoms with E-state index in [9.17, 15) is 17.2 Å². The van der Waals surface area contributed by atoms with E-state index < -0.39 is 16.6 Å². The molecule has 0 unspecified atom stereocenters. The maximum atomic E-state index is 12.8. The van der Waals surface area contributed by atoms with Crippen LogP contribution in [0.3, 0.4) is 0 Å². The minimum atomic E-state index is -3.90. The van der Waals surface area contributed by atoms with Crippen molar-refractivity contribution in [2.75, 3.05) is 7.05 Å². The second-order valence-corrected chi connectivity index (χ2v) is 7.14. The van der Waals surface area contributed by atoms with Gasteiger partial charge in [0.15, 0.2) is 0 Å². The molecule has 0 fully saturated rings. The number of rotatable bonds is 5. The van der Waals surface area contributed by atoms with Crippen LogP contribution in [0.4, 0.5) is 8.78 Å². The normalized spacial score (nSPS) is 12.3. The Bertz CT molecular complexity index is 777. The number of halogens is 3. The first-order valence-corrected chi connectivity index (χ1v) is 8.07. The van der Waals surface area contributed by atoms with E-state index in [0.29, 0.717) is 4.57 Å². The Morgan fingerprint density at radius 1 is 1.41 bits per heavy atom. The molecule has 1 heterocycles. The quantitative estimate of drug-likeness (QED) is 0.833. The van der Waals surface area contributed by atoms with Crippen LogP contribution >= 0.6 is 11.6 Å². The highest BCUT2D eigenvalue weighted by molar-refractivity contribution is 7.89. The Labute approximate surface area is 132 Å². The van der Waals surface area contributed by atoms with Gasteiger partial charge >= 0.3 is 6.55 Å². The van der Waals surface area contributed by atoms with Gasteiger partial charge in [0, 0.05) is 19.4 Å². The third-order valence-corrected chi connectivity index (χ3v) is 5.39. The lowest BCUT2D eigenvalue weighted by molar-refractivity contribution is 0.0658. The molecular formula is C13H14ClF2N3O2S. The van der Waals surface area contributed by atoms with Crippen molar-refractivity contribution in [3.8, 4) is 0 Å². The lowest BCUT2D eigenvalue weighted by atomic mass is 10.2. The van der Waals surface area contributed by atoms with E-state index in [4.69, 9.17) is 11.6 Å². The molecule has 1 aromatic heterocycles. The van der Waals surface area contributed by atoms with Gasteiger partial charge in [0.25, 0.3) is 0 Å². The Morgan fingerprint density at radius 2 is 2.09 bits per heavy atom. The minimum absolute atomic E-state index is 0.0516. The summed E-state index contributed by atoms with van der Waals surface area (Å²) in [6, 6.07) is 4.54. The van der Waals surface area contributed by atoms with Crippen molar-refractivity contribution in [2.24, 2.45) is 0 Å². The van der Waals surface area contributed by atoms with Crippen LogP contribution in [0, 0.1) is 6.92 Å². The van der Waals surface area contributed by atoms with Crippen LogP contribution < -0.4 is 0 Å². The first kappa shape index (κ1) is 16.9. The molecule has 0 aliphatic carbocycles. The minimum Gasteiger partial charge on any atom is -0.277 e. The summed E-state index contributed by atoms with van der Waals surface area (Å²) in [5, 5.41) is 0.0871. The smallest absolute Gasteiger partial charge is 0.277 e. The number of sulfonamides is 1. The fourth-order valence-electron chi connectivity index (χ4n) is 1.91. The highest BCUT2D eigenvalue weighted by atomic mass is 35.5. The van der Waals surface area contributed by atoms with Gasteiger partial charge in [0.05, 0.1) is 11.6 Å². The van der Waals surface area contributed by atoms with Crippen molar-refractivity contribution in [3.63, 3.8) is 0 Å². The molecule has 0 saturated heterocycles. The number of nitrogens with zero attached hydrogens (tertiary/aromatic N) is 3. The average molecular weight is 350 g/mol. The van der Waals surface area contributed by atoms with E-state index in [1.165, 1.54) is 25.4 Å². The molecule has 0 N–H and O–H groups in total. The summed E-state index contributed by atoms with van der Waals surface area (Å²) >= 11 is 5.98. The molecule has 9 heteroatoms. The van der Waals surface area contributed by atoms with E-state index in [2.05, 4.69) is 4.98 Å². The van der Waals surface area contributed by atoms with Gasteiger partial charge in [0.1, 0.15) is 10.7 Å². The lowest BCUT2D eigenvalue weighted by Crippen LogP contribution is -2.28. The Balaban J connectivity index is 2.31. The van der Waals surface area contributed by atoms with Gasteiger partial charge in [-0.1, -0.05) is 17.7 Å². The number of aryl methyl sites for hydroxylation is 1. The number of hydrogen-bond acceptors (Lipinski definition) is 3. The number of imidazole rings is 1. The zero-order chi connectivity index (χ0) is 16.5. The summed E-state index contributed by atoms with van der Waals surface area (Å²) < 4.78 is 52.1. The third-order valence-electron chi connectivity index (χ3n) is 3.10. The van der Waals surface area contributed by atoms with Crippen molar-refractivity contribution in [1.29, 1.82) is 0 Å². The second kappa shape index (κ2) is 6.31. The summed E-state index contributed by atoms with van der Waals surface area (Å²) in [7, 11) is -2.61. The van der Waals surface area contributed by atoms with Crippen LogP contribution in [0.1, 0.15) is 17.9 Å². The molecule has 1 aromatic carbocycles. The molecule has 0 amide bonds. The molecule has 0 saturated carbocycles. The van der Waals surface area contributed by atoms with E-state index in [0.717, 1.165) is 16.1 Å². The summed E-state index contributed by atoms with van der Waals surface area (Å²) in [5.41, 5.74) is 0.819. The van der Waals surface area contributed by atoms with Crippen molar-refractivity contribution in [2.45, 2.75) is 24.9 Å². The third kappa shape index (κ3) is 3.29. The molecule has 5 nitrogen and oxygen atoms in total. The maximum Gasteiger partial charge on any atom is 0.319 e. The standard InChI is InChI=1S/C13H14ClF2N3O2S/c1-9-3-4-11(10(14)7-9)22(20,21)18(2)8-12-17-5-6-19(12)13(15)16/h3-7,13H,8H2,1-2H3. The van der Waals surface area contributed by atoms with Crippen molar-refractivity contribution in [3.05, 3.63) is 47.0 Å². The van der Waals surface area contributed by atoms with Crippen molar-refractivity contribution < 1.29 is 17.2 Å². The fraction of sp³-hybridized carbons (Fsp3) is 0.308. The van der Waals surface area contributed by atoms with Gasteiger partial charge in [-0.2, -0.15) is 13.1 Å². The zero-order valence-electron chi connectivity index (χ0n) is 11.9. The molecule has 22 heavy (non-hydrogen) atoms. The van der Waals surface area contributed by atoms with E-state index in [1.807, 2.05) is 0 Å². The Morgan fingerprint density at radius 3 is 2.68 bits per heavy atom. The van der Waals surface area contributed by atoms with Crippen LogP contribution in [0.2, 0.25) is 5.02 Å². The topological polar surface area (TPSA) is 55.2 Å². The van der Waals surface area contributed by atoms with Crippen molar-refractivity contribution >= 4 is 21.6 Å². The van der Waals surface area contributed by atoms with Crippen LogP contribution in [0.15, 0.2) is 35.5 Å². The fourth-order valence-corrected chi connectivity index (χ4v) is 3.61. The molecule has 0 aliphatic rings. The Hall–Kier alpha value is -1.51. The van der Waals surface area contributed by atoms with Crippen LogP contribution in [0.5, 0.6) is 0 Å². The molecule has 0 aliphatic heterocycles. The molecule has 2 rings (SSSR count). The number of hydrogen-bond donors (Lipinski definition) is 0. The highest BCUT2D eigenvalue weighted by Gasteiger charge is 2.25. The lowest BCUT2D eigenvalue weighted by Gasteiger charge is -2.18. The van der Waals surface area contributed by atoms with E-state index in [1.54, 1.807) is 13.0 Å². The molecule has 2 aromatic rings. The van der Waals surface area contributed by atoms with Crippen molar-refractivity contribution in [1.82, 2.24) is 13.9 Å². The molecule has 0 atom stereocenters.